The van der Waals surface area contributed by atoms with E-state index in [1.165, 1.54) is 5.56 Å². The molecule has 1 aliphatic rings. The lowest BCUT2D eigenvalue weighted by atomic mass is 9.95. The molecule has 122 valence electrons. The summed E-state index contributed by atoms with van der Waals surface area (Å²) in [5, 5.41) is 7.25. The Bertz CT molecular complexity index is 651. The number of hydrogen-bond acceptors (Lipinski definition) is 3. The molecule has 0 saturated carbocycles. The monoisotopic (exact) mass is 313 g/mol. The molecule has 5 heteroatoms. The molecule has 0 spiro atoms. The quantitative estimate of drug-likeness (QED) is 0.923. The number of benzene rings is 1. The summed E-state index contributed by atoms with van der Waals surface area (Å²) < 4.78 is 7.61. The number of carbonyl (C=O) groups excluding carboxylic acids is 1. The number of rotatable bonds is 5. The third kappa shape index (κ3) is 3.45. The fraction of sp³-hybridized carbons (Fsp3) is 0.444. The highest BCUT2D eigenvalue weighted by Gasteiger charge is 2.30. The Morgan fingerprint density at radius 3 is 2.87 bits per heavy atom. The Morgan fingerprint density at radius 2 is 2.13 bits per heavy atom. The van der Waals surface area contributed by atoms with Gasteiger partial charge in [-0.3, -0.25) is 9.48 Å². The molecule has 0 bridgehead atoms. The van der Waals surface area contributed by atoms with E-state index < -0.39 is 0 Å². The van der Waals surface area contributed by atoms with Gasteiger partial charge < -0.3 is 10.1 Å². The largest absolute Gasteiger partial charge is 0.373 e. The van der Waals surface area contributed by atoms with Crippen molar-refractivity contribution in [1.29, 1.82) is 0 Å². The van der Waals surface area contributed by atoms with Gasteiger partial charge in [0.25, 0.3) is 5.91 Å². The summed E-state index contributed by atoms with van der Waals surface area (Å²) >= 11 is 0. The van der Waals surface area contributed by atoms with Gasteiger partial charge in [-0.05, 0) is 31.9 Å². The van der Waals surface area contributed by atoms with Gasteiger partial charge in [-0.2, -0.15) is 5.10 Å². The predicted octanol–water partition coefficient (Wildman–Crippen LogP) is 2.97. The summed E-state index contributed by atoms with van der Waals surface area (Å²) in [6.07, 6.45) is 2.69. The van der Waals surface area contributed by atoms with Gasteiger partial charge in [0.1, 0.15) is 5.69 Å². The standard InChI is InChI=1S/C18H23N3O2/c1-13(2)21-16(8-10-20-21)18(22)19-12-15-9-11-23-17(15)14-6-4-3-5-7-14/h3-8,10,13,15,17H,9,11-12H2,1-2H3,(H,19,22)/t15-,17-/m1/s1. The molecule has 1 amide bonds. The van der Waals surface area contributed by atoms with Gasteiger partial charge in [-0.15, -0.1) is 0 Å². The van der Waals surface area contributed by atoms with Crippen molar-refractivity contribution in [1.82, 2.24) is 15.1 Å². The number of nitrogens with one attached hydrogen (secondary N) is 1. The fourth-order valence-electron chi connectivity index (χ4n) is 3.07. The summed E-state index contributed by atoms with van der Waals surface area (Å²) in [4.78, 5) is 12.4. The molecule has 2 aromatic rings. The molecule has 2 atom stereocenters. The van der Waals surface area contributed by atoms with Crippen LogP contribution in [0.4, 0.5) is 0 Å². The molecular weight excluding hydrogens is 290 g/mol. The van der Waals surface area contributed by atoms with Gasteiger partial charge in [0, 0.05) is 31.3 Å². The van der Waals surface area contributed by atoms with Crippen LogP contribution in [-0.4, -0.2) is 28.8 Å². The maximum Gasteiger partial charge on any atom is 0.269 e. The van der Waals surface area contributed by atoms with Crippen LogP contribution in [0.2, 0.25) is 0 Å². The van der Waals surface area contributed by atoms with E-state index in [0.717, 1.165) is 13.0 Å². The number of carbonyl (C=O) groups is 1. The molecule has 1 saturated heterocycles. The zero-order valence-electron chi connectivity index (χ0n) is 13.6. The van der Waals surface area contributed by atoms with Crippen LogP contribution in [0.5, 0.6) is 0 Å². The van der Waals surface area contributed by atoms with Gasteiger partial charge in [0.05, 0.1) is 6.10 Å². The maximum absolute atomic E-state index is 12.4. The summed E-state index contributed by atoms with van der Waals surface area (Å²) in [6.45, 7) is 5.38. The van der Waals surface area contributed by atoms with E-state index in [1.54, 1.807) is 16.9 Å². The van der Waals surface area contributed by atoms with E-state index in [0.29, 0.717) is 18.2 Å². The number of amides is 1. The van der Waals surface area contributed by atoms with Crippen LogP contribution in [0.25, 0.3) is 0 Å². The lowest BCUT2D eigenvalue weighted by Crippen LogP contribution is -2.32. The van der Waals surface area contributed by atoms with Crippen molar-refractivity contribution < 1.29 is 9.53 Å². The molecule has 0 radical (unpaired) electrons. The van der Waals surface area contributed by atoms with Crippen LogP contribution in [0.1, 0.15) is 48.5 Å². The zero-order valence-corrected chi connectivity index (χ0v) is 13.6. The van der Waals surface area contributed by atoms with Gasteiger partial charge in [0.2, 0.25) is 0 Å². The molecule has 23 heavy (non-hydrogen) atoms. The Kier molecular flexibility index (Phi) is 4.76. The molecule has 3 rings (SSSR count). The van der Waals surface area contributed by atoms with Crippen LogP contribution in [0.3, 0.4) is 0 Å². The molecule has 5 nitrogen and oxygen atoms in total. The molecule has 0 unspecified atom stereocenters. The Balaban J connectivity index is 1.63. The minimum atomic E-state index is -0.0742. The smallest absolute Gasteiger partial charge is 0.269 e. The molecular formula is C18H23N3O2. The highest BCUT2D eigenvalue weighted by Crippen LogP contribution is 2.33. The second kappa shape index (κ2) is 6.96. The van der Waals surface area contributed by atoms with Crippen LogP contribution < -0.4 is 5.32 Å². The van der Waals surface area contributed by atoms with E-state index in [4.69, 9.17) is 4.74 Å². The molecule has 2 heterocycles. The molecule has 1 aromatic carbocycles. The summed E-state index contributed by atoms with van der Waals surface area (Å²) in [5.41, 5.74) is 1.78. The second-order valence-electron chi connectivity index (χ2n) is 6.22. The minimum absolute atomic E-state index is 0.0616. The number of aromatic nitrogens is 2. The van der Waals surface area contributed by atoms with Crippen molar-refractivity contribution in [3.05, 3.63) is 53.9 Å². The average molecular weight is 313 g/mol. The number of ether oxygens (including phenoxy) is 1. The normalized spacial score (nSPS) is 20.8. The first kappa shape index (κ1) is 15.7. The number of nitrogens with zero attached hydrogens (tertiary/aromatic N) is 2. The first-order valence-electron chi connectivity index (χ1n) is 8.15. The van der Waals surface area contributed by atoms with Gasteiger partial charge >= 0.3 is 0 Å². The van der Waals surface area contributed by atoms with Crippen LogP contribution in [0.15, 0.2) is 42.6 Å². The lowest BCUT2D eigenvalue weighted by molar-refractivity contribution is 0.0840. The minimum Gasteiger partial charge on any atom is -0.373 e. The van der Waals surface area contributed by atoms with Crippen molar-refractivity contribution >= 4 is 5.91 Å². The number of hydrogen-bond donors (Lipinski definition) is 1. The Hall–Kier alpha value is -2.14. The molecule has 1 fully saturated rings. The predicted molar refractivity (Wildman–Crippen MR) is 88.2 cm³/mol. The molecule has 1 N–H and O–H groups in total. The van der Waals surface area contributed by atoms with E-state index >= 15 is 0 Å². The van der Waals surface area contributed by atoms with Crippen molar-refractivity contribution in [2.24, 2.45) is 5.92 Å². The van der Waals surface area contributed by atoms with Gasteiger partial charge in [-0.25, -0.2) is 0 Å². The van der Waals surface area contributed by atoms with Gasteiger partial charge in [0.15, 0.2) is 0 Å². The average Bonchev–Trinajstić information content (AvgIpc) is 3.22. The third-order valence-electron chi connectivity index (χ3n) is 4.26. The third-order valence-corrected chi connectivity index (χ3v) is 4.26. The maximum atomic E-state index is 12.4. The van der Waals surface area contributed by atoms with Crippen molar-refractivity contribution in [3.63, 3.8) is 0 Å². The lowest BCUT2D eigenvalue weighted by Gasteiger charge is -2.19. The van der Waals surface area contributed by atoms with Crippen LogP contribution in [0, 0.1) is 5.92 Å². The highest BCUT2D eigenvalue weighted by molar-refractivity contribution is 5.92. The second-order valence-corrected chi connectivity index (χ2v) is 6.22. The summed E-state index contributed by atoms with van der Waals surface area (Å²) in [6, 6.07) is 12.1. The van der Waals surface area contributed by atoms with E-state index in [1.807, 2.05) is 32.0 Å². The molecule has 0 aliphatic carbocycles. The van der Waals surface area contributed by atoms with E-state index in [-0.39, 0.29) is 18.1 Å². The summed E-state index contributed by atoms with van der Waals surface area (Å²) in [5.74, 6) is 0.228. The molecule has 1 aromatic heterocycles. The first-order valence-corrected chi connectivity index (χ1v) is 8.15. The topological polar surface area (TPSA) is 56.2 Å². The fourth-order valence-corrected chi connectivity index (χ4v) is 3.07. The first-order chi connectivity index (χ1) is 11.2. The van der Waals surface area contributed by atoms with E-state index in [2.05, 4.69) is 22.5 Å². The van der Waals surface area contributed by atoms with E-state index in [9.17, 15) is 4.79 Å². The zero-order chi connectivity index (χ0) is 16.2. The van der Waals surface area contributed by atoms with Crippen molar-refractivity contribution in [2.45, 2.75) is 32.4 Å². The van der Waals surface area contributed by atoms with Crippen LogP contribution >= 0.6 is 0 Å². The van der Waals surface area contributed by atoms with Crippen molar-refractivity contribution in [3.8, 4) is 0 Å². The van der Waals surface area contributed by atoms with Crippen LogP contribution in [-0.2, 0) is 4.74 Å². The SMILES string of the molecule is CC(C)n1nccc1C(=O)NC[C@H]1CCO[C@@H]1c1ccccc1. The van der Waals surface area contributed by atoms with Crippen molar-refractivity contribution in [2.75, 3.05) is 13.2 Å². The summed E-state index contributed by atoms with van der Waals surface area (Å²) in [7, 11) is 0. The van der Waals surface area contributed by atoms with Gasteiger partial charge in [-0.1, -0.05) is 30.3 Å². The Morgan fingerprint density at radius 1 is 1.35 bits per heavy atom. The Labute approximate surface area is 136 Å². The molecule has 1 aliphatic heterocycles. The highest BCUT2D eigenvalue weighted by atomic mass is 16.5.